The first-order chi connectivity index (χ1) is 7.33. The summed E-state index contributed by atoms with van der Waals surface area (Å²) in [6.07, 6.45) is 1.38. The molecular formula is C11H15FN2O. The van der Waals surface area contributed by atoms with E-state index in [-0.39, 0.29) is 0 Å². The number of ether oxygens (including phenoxy) is 1. The molecule has 1 fully saturated rings. The molecule has 3 nitrogen and oxygen atoms in total. The predicted octanol–water partition coefficient (Wildman–Crippen LogP) is 2.21. The minimum atomic E-state index is 0.323. The molecule has 82 valence electrons. The molecule has 0 spiro atoms. The summed E-state index contributed by atoms with van der Waals surface area (Å²) in [5.41, 5.74) is 3.23. The van der Waals surface area contributed by atoms with Crippen molar-refractivity contribution in [2.24, 2.45) is 0 Å². The number of hydrogen-bond acceptors (Lipinski definition) is 3. The van der Waals surface area contributed by atoms with Crippen molar-refractivity contribution in [2.75, 3.05) is 30.6 Å². The first-order valence-corrected chi connectivity index (χ1v) is 5.08. The Morgan fingerprint density at radius 3 is 2.67 bits per heavy atom. The van der Waals surface area contributed by atoms with Crippen molar-refractivity contribution in [3.8, 4) is 0 Å². The smallest absolute Gasteiger partial charge is 0.0762 e. The first-order valence-electron chi connectivity index (χ1n) is 5.08. The van der Waals surface area contributed by atoms with Gasteiger partial charge in [0.2, 0.25) is 0 Å². The third-order valence-corrected chi connectivity index (χ3v) is 2.82. The standard InChI is InChI=1S/C11H15FN2O/c1-15-11-6-7-14(8-11)10-4-2-9(13-12)3-5-10/h2-5,11,13H,6-8H2,1H3. The predicted molar refractivity (Wildman–Crippen MR) is 58.8 cm³/mol. The molecule has 1 aliphatic heterocycles. The van der Waals surface area contributed by atoms with Crippen LogP contribution in [-0.2, 0) is 4.74 Å². The number of methoxy groups -OCH3 is 1. The van der Waals surface area contributed by atoms with Crippen LogP contribution in [0.1, 0.15) is 6.42 Å². The van der Waals surface area contributed by atoms with E-state index in [4.69, 9.17) is 4.74 Å². The van der Waals surface area contributed by atoms with Gasteiger partial charge in [-0.2, -0.15) is 0 Å². The molecule has 0 aromatic heterocycles. The number of anilines is 2. The summed E-state index contributed by atoms with van der Waals surface area (Å²) in [6.45, 7) is 1.92. The Labute approximate surface area is 88.8 Å². The molecule has 1 N–H and O–H groups in total. The van der Waals surface area contributed by atoms with Crippen LogP contribution in [0, 0.1) is 0 Å². The lowest BCUT2D eigenvalue weighted by atomic mass is 10.2. The number of nitrogens with zero attached hydrogens (tertiary/aromatic N) is 1. The molecule has 4 heteroatoms. The van der Waals surface area contributed by atoms with Crippen molar-refractivity contribution in [3.05, 3.63) is 24.3 Å². The maximum absolute atomic E-state index is 12.1. The normalized spacial score (nSPS) is 20.7. The van der Waals surface area contributed by atoms with E-state index in [9.17, 15) is 4.48 Å². The van der Waals surface area contributed by atoms with Crippen molar-refractivity contribution in [1.82, 2.24) is 0 Å². The van der Waals surface area contributed by atoms with Gasteiger partial charge < -0.3 is 9.64 Å². The van der Waals surface area contributed by atoms with Crippen LogP contribution in [-0.4, -0.2) is 26.3 Å². The van der Waals surface area contributed by atoms with E-state index in [2.05, 4.69) is 4.90 Å². The Kier molecular flexibility index (Phi) is 3.06. The van der Waals surface area contributed by atoms with Crippen molar-refractivity contribution >= 4 is 11.4 Å². The van der Waals surface area contributed by atoms with E-state index >= 15 is 0 Å². The maximum atomic E-state index is 12.1. The molecule has 0 aliphatic carbocycles. The topological polar surface area (TPSA) is 24.5 Å². The number of hydrogen-bond donors (Lipinski definition) is 1. The lowest BCUT2D eigenvalue weighted by Crippen LogP contribution is -2.21. The minimum Gasteiger partial charge on any atom is -0.380 e. The van der Waals surface area contributed by atoms with Crippen molar-refractivity contribution in [1.29, 1.82) is 0 Å². The molecule has 1 aromatic rings. The molecule has 1 aromatic carbocycles. The second-order valence-corrected chi connectivity index (χ2v) is 3.73. The zero-order chi connectivity index (χ0) is 10.7. The van der Waals surface area contributed by atoms with E-state index in [1.54, 1.807) is 24.8 Å². The van der Waals surface area contributed by atoms with Gasteiger partial charge in [-0.3, -0.25) is 0 Å². The van der Waals surface area contributed by atoms with Gasteiger partial charge in [0, 0.05) is 25.9 Å². The van der Waals surface area contributed by atoms with E-state index < -0.39 is 0 Å². The van der Waals surface area contributed by atoms with Gasteiger partial charge in [-0.1, -0.05) is 0 Å². The average Bonchev–Trinajstić information content (AvgIpc) is 2.78. The number of halogens is 1. The van der Waals surface area contributed by atoms with Gasteiger partial charge in [0.1, 0.15) is 0 Å². The molecule has 1 unspecified atom stereocenters. The Balaban J connectivity index is 2.04. The van der Waals surface area contributed by atoms with Crippen LogP contribution in [0.5, 0.6) is 0 Å². The Morgan fingerprint density at radius 1 is 1.40 bits per heavy atom. The molecule has 0 radical (unpaired) electrons. The monoisotopic (exact) mass is 210 g/mol. The fraction of sp³-hybridized carbons (Fsp3) is 0.455. The van der Waals surface area contributed by atoms with Crippen molar-refractivity contribution in [3.63, 3.8) is 0 Å². The summed E-state index contributed by atoms with van der Waals surface area (Å²) in [4.78, 5) is 2.25. The zero-order valence-electron chi connectivity index (χ0n) is 8.74. The lowest BCUT2D eigenvalue weighted by Gasteiger charge is -2.18. The van der Waals surface area contributed by atoms with Crippen LogP contribution in [0.15, 0.2) is 24.3 Å². The van der Waals surface area contributed by atoms with Crippen LogP contribution in [0.2, 0.25) is 0 Å². The van der Waals surface area contributed by atoms with Crippen LogP contribution < -0.4 is 10.4 Å². The van der Waals surface area contributed by atoms with Gasteiger partial charge in [0.05, 0.1) is 11.8 Å². The van der Waals surface area contributed by atoms with Gasteiger partial charge in [-0.25, -0.2) is 5.54 Å². The summed E-state index contributed by atoms with van der Waals surface area (Å²) < 4.78 is 17.4. The fourth-order valence-electron chi connectivity index (χ4n) is 1.89. The highest BCUT2D eigenvalue weighted by atomic mass is 19.2. The van der Waals surface area contributed by atoms with E-state index in [0.717, 1.165) is 25.2 Å². The third kappa shape index (κ3) is 2.21. The van der Waals surface area contributed by atoms with E-state index in [1.807, 2.05) is 12.1 Å². The van der Waals surface area contributed by atoms with Crippen LogP contribution in [0.4, 0.5) is 15.9 Å². The SMILES string of the molecule is COC1CCN(c2ccc(NF)cc2)C1. The summed E-state index contributed by atoms with van der Waals surface area (Å²) >= 11 is 0. The molecular weight excluding hydrogens is 195 g/mol. The number of nitrogens with one attached hydrogen (secondary N) is 1. The maximum Gasteiger partial charge on any atom is 0.0762 e. The zero-order valence-corrected chi connectivity index (χ0v) is 8.74. The van der Waals surface area contributed by atoms with E-state index in [0.29, 0.717) is 11.8 Å². The van der Waals surface area contributed by atoms with Gasteiger partial charge in [0.25, 0.3) is 0 Å². The fourth-order valence-corrected chi connectivity index (χ4v) is 1.89. The molecule has 2 rings (SSSR count). The minimum absolute atomic E-state index is 0.323. The first kappa shape index (κ1) is 10.2. The highest BCUT2D eigenvalue weighted by molar-refractivity contribution is 5.54. The van der Waals surface area contributed by atoms with Crippen LogP contribution >= 0.6 is 0 Å². The van der Waals surface area contributed by atoms with Crippen molar-refractivity contribution in [2.45, 2.75) is 12.5 Å². The van der Waals surface area contributed by atoms with Crippen molar-refractivity contribution < 1.29 is 9.22 Å². The summed E-state index contributed by atoms with van der Waals surface area (Å²) in [7, 11) is 1.74. The molecule has 0 saturated carbocycles. The largest absolute Gasteiger partial charge is 0.380 e. The molecule has 1 aliphatic rings. The Morgan fingerprint density at radius 2 is 2.13 bits per heavy atom. The molecule has 1 heterocycles. The molecule has 1 atom stereocenters. The highest BCUT2D eigenvalue weighted by Gasteiger charge is 2.21. The van der Waals surface area contributed by atoms with Gasteiger partial charge in [-0.05, 0) is 30.7 Å². The Bertz CT molecular complexity index is 315. The third-order valence-electron chi connectivity index (χ3n) is 2.82. The number of benzene rings is 1. The average molecular weight is 210 g/mol. The summed E-state index contributed by atoms with van der Waals surface area (Å²) in [5.74, 6) is 0. The summed E-state index contributed by atoms with van der Waals surface area (Å²) in [6, 6.07) is 7.30. The van der Waals surface area contributed by atoms with Gasteiger partial charge in [0.15, 0.2) is 0 Å². The summed E-state index contributed by atoms with van der Waals surface area (Å²) in [5, 5.41) is 0. The van der Waals surface area contributed by atoms with Gasteiger partial charge >= 0.3 is 0 Å². The van der Waals surface area contributed by atoms with Crippen LogP contribution in [0.3, 0.4) is 0 Å². The second kappa shape index (κ2) is 4.49. The highest BCUT2D eigenvalue weighted by Crippen LogP contribution is 2.23. The number of rotatable bonds is 3. The van der Waals surface area contributed by atoms with Crippen LogP contribution in [0.25, 0.3) is 0 Å². The molecule has 0 amide bonds. The second-order valence-electron chi connectivity index (χ2n) is 3.73. The quantitative estimate of drug-likeness (QED) is 0.774. The molecule has 15 heavy (non-hydrogen) atoms. The molecule has 1 saturated heterocycles. The lowest BCUT2D eigenvalue weighted by molar-refractivity contribution is 0.121. The molecule has 0 bridgehead atoms. The Hall–Kier alpha value is -1.29. The van der Waals surface area contributed by atoms with Gasteiger partial charge in [-0.15, -0.1) is 4.48 Å². The van der Waals surface area contributed by atoms with E-state index in [1.165, 1.54) is 0 Å².